The molecule has 0 aromatic rings. The summed E-state index contributed by atoms with van der Waals surface area (Å²) < 4.78 is 41.0. The smallest absolute Gasteiger partial charge is 0.372 e. The summed E-state index contributed by atoms with van der Waals surface area (Å²) in [7, 11) is 0. The Balaban J connectivity index is 1.70. The van der Waals surface area contributed by atoms with Crippen molar-refractivity contribution >= 4 is 0 Å². The number of ether oxygens (including phenoxy) is 1. The normalized spacial score (nSPS) is 30.0. The van der Waals surface area contributed by atoms with Gasteiger partial charge in [0, 0.05) is 12.6 Å². The second-order valence-corrected chi connectivity index (χ2v) is 6.78. The molecule has 2 aliphatic carbocycles. The van der Waals surface area contributed by atoms with E-state index in [4.69, 9.17) is 4.74 Å². The lowest BCUT2D eigenvalue weighted by Gasteiger charge is -2.27. The monoisotopic (exact) mass is 307 g/mol. The summed E-state index contributed by atoms with van der Waals surface area (Å²) in [5.74, 6) is 2.58. The van der Waals surface area contributed by atoms with Gasteiger partial charge in [-0.15, -0.1) is 0 Å². The largest absolute Gasteiger partial charge is 0.411 e. The van der Waals surface area contributed by atoms with Crippen molar-refractivity contribution in [2.45, 2.75) is 64.1 Å². The van der Waals surface area contributed by atoms with Crippen molar-refractivity contribution in [2.75, 3.05) is 19.8 Å². The quantitative estimate of drug-likeness (QED) is 0.646. The van der Waals surface area contributed by atoms with Crippen LogP contribution in [0.3, 0.4) is 0 Å². The summed E-state index contributed by atoms with van der Waals surface area (Å²) >= 11 is 0. The van der Waals surface area contributed by atoms with Gasteiger partial charge >= 0.3 is 6.18 Å². The zero-order chi connectivity index (χ0) is 15.3. The fraction of sp³-hybridized carbons (Fsp3) is 1.00. The van der Waals surface area contributed by atoms with Crippen LogP contribution < -0.4 is 5.32 Å². The standard InChI is InChI=1S/C16H28F3NO/c1-2-6-20-15(5-7-21-11-16(17,18)19)10-14-9-12-3-4-13(14)8-12/h12-15,20H,2-11H2,1H3. The molecular weight excluding hydrogens is 279 g/mol. The van der Waals surface area contributed by atoms with Crippen LogP contribution in [-0.2, 0) is 4.74 Å². The van der Waals surface area contributed by atoms with Crippen LogP contribution in [0.25, 0.3) is 0 Å². The highest BCUT2D eigenvalue weighted by molar-refractivity contribution is 4.91. The third kappa shape index (κ3) is 5.78. The summed E-state index contributed by atoms with van der Waals surface area (Å²) in [6.45, 7) is 2.12. The van der Waals surface area contributed by atoms with Gasteiger partial charge in [0.05, 0.1) is 0 Å². The van der Waals surface area contributed by atoms with Crippen molar-refractivity contribution in [3.05, 3.63) is 0 Å². The lowest BCUT2D eigenvalue weighted by atomic mass is 9.83. The first-order valence-corrected chi connectivity index (χ1v) is 8.35. The molecule has 2 saturated carbocycles. The molecule has 5 heteroatoms. The Morgan fingerprint density at radius 2 is 2.05 bits per heavy atom. The minimum atomic E-state index is -4.21. The van der Waals surface area contributed by atoms with Gasteiger partial charge in [-0.25, -0.2) is 0 Å². The van der Waals surface area contributed by atoms with Crippen LogP contribution in [0.4, 0.5) is 13.2 Å². The maximum Gasteiger partial charge on any atom is 0.411 e. The molecule has 4 unspecified atom stereocenters. The molecule has 0 aliphatic heterocycles. The van der Waals surface area contributed by atoms with Crippen LogP contribution in [0.5, 0.6) is 0 Å². The highest BCUT2D eigenvalue weighted by atomic mass is 19.4. The molecule has 0 radical (unpaired) electrons. The lowest BCUT2D eigenvalue weighted by molar-refractivity contribution is -0.174. The van der Waals surface area contributed by atoms with E-state index in [1.165, 1.54) is 25.7 Å². The Labute approximate surface area is 125 Å². The average molecular weight is 307 g/mol. The third-order valence-electron chi connectivity index (χ3n) is 5.03. The molecule has 124 valence electrons. The number of alkyl halides is 3. The van der Waals surface area contributed by atoms with E-state index in [1.54, 1.807) is 0 Å². The number of nitrogens with one attached hydrogen (secondary N) is 1. The van der Waals surface area contributed by atoms with Gasteiger partial charge in [0.25, 0.3) is 0 Å². The fourth-order valence-corrected chi connectivity index (χ4v) is 4.10. The van der Waals surface area contributed by atoms with Crippen molar-refractivity contribution in [3.8, 4) is 0 Å². The number of fused-ring (bicyclic) bond motifs is 2. The molecule has 0 aromatic carbocycles. The molecule has 1 N–H and O–H groups in total. The van der Waals surface area contributed by atoms with E-state index < -0.39 is 12.8 Å². The zero-order valence-corrected chi connectivity index (χ0v) is 12.9. The van der Waals surface area contributed by atoms with Crippen molar-refractivity contribution in [3.63, 3.8) is 0 Å². The molecule has 0 amide bonds. The molecule has 0 spiro atoms. The number of hydrogen-bond acceptors (Lipinski definition) is 2. The van der Waals surface area contributed by atoms with E-state index in [0.717, 1.165) is 37.1 Å². The molecule has 0 heterocycles. The van der Waals surface area contributed by atoms with E-state index in [1.807, 2.05) is 0 Å². The molecule has 2 nitrogen and oxygen atoms in total. The Hall–Kier alpha value is -0.290. The Kier molecular flexibility index (Phi) is 6.35. The minimum absolute atomic E-state index is 0.196. The van der Waals surface area contributed by atoms with Gasteiger partial charge in [0.2, 0.25) is 0 Å². The first kappa shape index (κ1) is 17.1. The van der Waals surface area contributed by atoms with Gasteiger partial charge in [-0.3, -0.25) is 0 Å². The molecule has 4 atom stereocenters. The van der Waals surface area contributed by atoms with Crippen LogP contribution in [-0.4, -0.2) is 32.0 Å². The summed E-state index contributed by atoms with van der Waals surface area (Å²) in [6.07, 6.45) is 4.10. The first-order chi connectivity index (χ1) is 9.98. The van der Waals surface area contributed by atoms with Crippen molar-refractivity contribution in [1.29, 1.82) is 0 Å². The summed E-state index contributed by atoms with van der Waals surface area (Å²) in [5.41, 5.74) is 0. The predicted octanol–water partition coefficient (Wildman–Crippen LogP) is 4.15. The Morgan fingerprint density at radius 1 is 1.24 bits per heavy atom. The van der Waals surface area contributed by atoms with Crippen LogP contribution >= 0.6 is 0 Å². The van der Waals surface area contributed by atoms with Crippen LogP contribution in [0.15, 0.2) is 0 Å². The third-order valence-corrected chi connectivity index (χ3v) is 5.03. The van der Waals surface area contributed by atoms with E-state index in [-0.39, 0.29) is 6.61 Å². The number of hydrogen-bond donors (Lipinski definition) is 1. The van der Waals surface area contributed by atoms with Crippen molar-refractivity contribution in [2.24, 2.45) is 17.8 Å². The van der Waals surface area contributed by atoms with Crippen molar-refractivity contribution < 1.29 is 17.9 Å². The van der Waals surface area contributed by atoms with Crippen LogP contribution in [0.2, 0.25) is 0 Å². The van der Waals surface area contributed by atoms with Gasteiger partial charge < -0.3 is 10.1 Å². The highest BCUT2D eigenvalue weighted by Crippen LogP contribution is 2.50. The maximum atomic E-state index is 12.1. The zero-order valence-electron chi connectivity index (χ0n) is 12.9. The minimum Gasteiger partial charge on any atom is -0.372 e. The summed E-state index contributed by atoms with van der Waals surface area (Å²) in [5, 5.41) is 3.49. The van der Waals surface area contributed by atoms with Gasteiger partial charge in [-0.2, -0.15) is 13.2 Å². The van der Waals surface area contributed by atoms with Gasteiger partial charge in [0.15, 0.2) is 0 Å². The Morgan fingerprint density at radius 3 is 2.62 bits per heavy atom. The predicted molar refractivity (Wildman–Crippen MR) is 77.1 cm³/mol. The molecule has 2 aliphatic rings. The molecule has 0 aromatic heterocycles. The topological polar surface area (TPSA) is 21.3 Å². The first-order valence-electron chi connectivity index (χ1n) is 8.35. The van der Waals surface area contributed by atoms with Crippen LogP contribution in [0.1, 0.15) is 51.9 Å². The lowest BCUT2D eigenvalue weighted by Crippen LogP contribution is -2.34. The Bertz CT molecular complexity index is 308. The van der Waals surface area contributed by atoms with Crippen LogP contribution in [0, 0.1) is 17.8 Å². The maximum absolute atomic E-state index is 12.1. The van der Waals surface area contributed by atoms with Gasteiger partial charge in [-0.1, -0.05) is 13.3 Å². The summed E-state index contributed by atoms with van der Waals surface area (Å²) in [4.78, 5) is 0. The highest BCUT2D eigenvalue weighted by Gasteiger charge is 2.40. The molecule has 0 saturated heterocycles. The fourth-order valence-electron chi connectivity index (χ4n) is 4.10. The number of halogens is 3. The molecule has 2 bridgehead atoms. The molecule has 2 fully saturated rings. The van der Waals surface area contributed by atoms with Gasteiger partial charge in [-0.05, 0) is 62.8 Å². The van der Waals surface area contributed by atoms with E-state index in [9.17, 15) is 13.2 Å². The second-order valence-electron chi connectivity index (χ2n) is 6.78. The van der Waals surface area contributed by atoms with E-state index >= 15 is 0 Å². The molecule has 21 heavy (non-hydrogen) atoms. The van der Waals surface area contributed by atoms with E-state index in [2.05, 4.69) is 12.2 Å². The van der Waals surface area contributed by atoms with E-state index in [0.29, 0.717) is 12.5 Å². The van der Waals surface area contributed by atoms with Gasteiger partial charge in [0.1, 0.15) is 6.61 Å². The SMILES string of the molecule is CCCNC(CCOCC(F)(F)F)CC1CC2CCC1C2. The molecule has 2 rings (SSSR count). The average Bonchev–Trinajstić information content (AvgIpc) is 3.01. The van der Waals surface area contributed by atoms with Crippen molar-refractivity contribution in [1.82, 2.24) is 5.32 Å². The molecular formula is C16H28F3NO. The summed E-state index contributed by atoms with van der Waals surface area (Å²) in [6, 6.07) is 0.308. The second kappa shape index (κ2) is 7.82. The number of rotatable bonds is 9.